The molecule has 1 aliphatic rings. The molecule has 0 radical (unpaired) electrons. The molecule has 0 saturated heterocycles. The Labute approximate surface area is 130 Å². The van der Waals surface area contributed by atoms with Crippen molar-refractivity contribution in [2.45, 2.75) is 0 Å². The van der Waals surface area contributed by atoms with Crippen LogP contribution < -0.4 is 5.43 Å². The molecule has 114 valence electrons. The maximum absolute atomic E-state index is 12.2. The Kier molecular flexibility index (Phi) is 3.38. The van der Waals surface area contributed by atoms with Gasteiger partial charge in [-0.3, -0.25) is 19.8 Å². The van der Waals surface area contributed by atoms with Crippen LogP contribution in [0.25, 0.3) is 0 Å². The fourth-order valence-electron chi connectivity index (χ4n) is 2.32. The number of fused-ring (bicyclic) bond motifs is 1. The van der Waals surface area contributed by atoms with Crippen molar-refractivity contribution in [2.75, 3.05) is 0 Å². The minimum atomic E-state index is -1.28. The van der Waals surface area contributed by atoms with Gasteiger partial charge in [0, 0.05) is 0 Å². The zero-order chi connectivity index (χ0) is 16.6. The van der Waals surface area contributed by atoms with Gasteiger partial charge in [-0.2, -0.15) is 5.01 Å². The lowest BCUT2D eigenvalue weighted by molar-refractivity contribution is 0.0517. The van der Waals surface area contributed by atoms with Crippen molar-refractivity contribution in [1.29, 1.82) is 0 Å². The molecule has 0 bridgehead atoms. The van der Waals surface area contributed by atoms with E-state index in [1.54, 1.807) is 12.1 Å². The molecule has 23 heavy (non-hydrogen) atoms. The summed E-state index contributed by atoms with van der Waals surface area (Å²) in [5.41, 5.74) is 2.18. The number of rotatable bonds is 3. The second-order valence-electron chi connectivity index (χ2n) is 4.78. The lowest BCUT2D eigenvalue weighted by atomic mass is 10.1. The van der Waals surface area contributed by atoms with Crippen molar-refractivity contribution in [3.63, 3.8) is 0 Å². The van der Waals surface area contributed by atoms with E-state index in [-0.39, 0.29) is 22.3 Å². The second-order valence-corrected chi connectivity index (χ2v) is 4.78. The molecule has 2 aromatic rings. The number of nitrogens with one attached hydrogen (secondary N) is 1. The topological polar surface area (TPSA) is 104 Å². The summed E-state index contributed by atoms with van der Waals surface area (Å²) in [5, 5.41) is 9.68. The molecule has 1 heterocycles. The van der Waals surface area contributed by atoms with E-state index in [4.69, 9.17) is 5.11 Å². The first-order valence-corrected chi connectivity index (χ1v) is 6.62. The van der Waals surface area contributed by atoms with Gasteiger partial charge in [0.2, 0.25) is 0 Å². The van der Waals surface area contributed by atoms with Crippen LogP contribution in [-0.2, 0) is 0 Å². The molecule has 0 atom stereocenters. The van der Waals surface area contributed by atoms with Gasteiger partial charge in [0.15, 0.2) is 0 Å². The summed E-state index contributed by atoms with van der Waals surface area (Å²) in [6, 6.07) is 11.7. The van der Waals surface area contributed by atoms with Gasteiger partial charge in [0.25, 0.3) is 17.7 Å². The standard InChI is InChI=1S/C16H10N2O5/c19-13(9-5-1-4-8-12(9)16(22)23)17-18-14(20)10-6-2-3-7-11(10)15(18)21/h1-8H,(H,17,19)(H,22,23). The van der Waals surface area contributed by atoms with Crippen LogP contribution in [0.15, 0.2) is 48.5 Å². The maximum atomic E-state index is 12.2. The van der Waals surface area contributed by atoms with E-state index in [1.165, 1.54) is 36.4 Å². The number of carbonyl (C=O) groups excluding carboxylic acids is 3. The molecule has 0 spiro atoms. The molecular formula is C16H10N2O5. The molecule has 0 aromatic heterocycles. The molecule has 2 aromatic carbocycles. The quantitative estimate of drug-likeness (QED) is 0.832. The van der Waals surface area contributed by atoms with E-state index in [2.05, 4.69) is 5.43 Å². The van der Waals surface area contributed by atoms with Crippen LogP contribution in [0.1, 0.15) is 41.4 Å². The van der Waals surface area contributed by atoms with E-state index in [0.29, 0.717) is 5.01 Å². The third-order valence-corrected chi connectivity index (χ3v) is 3.41. The number of benzene rings is 2. The van der Waals surface area contributed by atoms with Crippen molar-refractivity contribution < 1.29 is 24.3 Å². The number of hydrazine groups is 1. The molecule has 2 N–H and O–H groups in total. The first-order valence-electron chi connectivity index (χ1n) is 6.62. The number of nitrogens with zero attached hydrogens (tertiary/aromatic N) is 1. The zero-order valence-electron chi connectivity index (χ0n) is 11.6. The Morgan fingerprint density at radius 1 is 0.826 bits per heavy atom. The van der Waals surface area contributed by atoms with Gasteiger partial charge >= 0.3 is 5.97 Å². The molecule has 3 rings (SSSR count). The van der Waals surface area contributed by atoms with Crippen molar-refractivity contribution >= 4 is 23.7 Å². The summed E-state index contributed by atoms with van der Waals surface area (Å²) in [4.78, 5) is 47.7. The molecule has 0 unspecified atom stereocenters. The van der Waals surface area contributed by atoms with Crippen LogP contribution in [0.4, 0.5) is 0 Å². The van der Waals surface area contributed by atoms with Crippen molar-refractivity contribution in [1.82, 2.24) is 10.4 Å². The van der Waals surface area contributed by atoms with Crippen LogP contribution in [0.3, 0.4) is 0 Å². The molecular weight excluding hydrogens is 300 g/mol. The van der Waals surface area contributed by atoms with Crippen LogP contribution in [-0.4, -0.2) is 33.8 Å². The number of carboxylic acids is 1. The number of amides is 3. The van der Waals surface area contributed by atoms with Crippen molar-refractivity contribution in [3.8, 4) is 0 Å². The lowest BCUT2D eigenvalue weighted by Crippen LogP contribution is -2.46. The predicted octanol–water partition coefficient (Wildman–Crippen LogP) is 1.33. The normalized spacial score (nSPS) is 13.0. The van der Waals surface area contributed by atoms with E-state index in [1.807, 2.05) is 0 Å². The zero-order valence-corrected chi connectivity index (χ0v) is 11.6. The van der Waals surface area contributed by atoms with E-state index < -0.39 is 23.7 Å². The number of imide groups is 1. The van der Waals surface area contributed by atoms with E-state index >= 15 is 0 Å². The van der Waals surface area contributed by atoms with Crippen LogP contribution in [0.5, 0.6) is 0 Å². The van der Waals surface area contributed by atoms with Crippen LogP contribution in [0.2, 0.25) is 0 Å². The predicted molar refractivity (Wildman–Crippen MR) is 77.8 cm³/mol. The van der Waals surface area contributed by atoms with Crippen molar-refractivity contribution in [3.05, 3.63) is 70.8 Å². The minimum Gasteiger partial charge on any atom is -0.478 e. The molecule has 1 aliphatic heterocycles. The Morgan fingerprint density at radius 3 is 1.83 bits per heavy atom. The van der Waals surface area contributed by atoms with Crippen LogP contribution >= 0.6 is 0 Å². The lowest BCUT2D eigenvalue weighted by Gasteiger charge is -2.15. The third kappa shape index (κ3) is 2.34. The number of hydrogen-bond acceptors (Lipinski definition) is 4. The van der Waals surface area contributed by atoms with E-state index in [0.717, 1.165) is 0 Å². The fraction of sp³-hybridized carbons (Fsp3) is 0. The highest BCUT2D eigenvalue weighted by Gasteiger charge is 2.37. The second kappa shape index (κ2) is 5.38. The average Bonchev–Trinajstić information content (AvgIpc) is 2.80. The highest BCUT2D eigenvalue weighted by Crippen LogP contribution is 2.21. The fourth-order valence-corrected chi connectivity index (χ4v) is 2.32. The van der Waals surface area contributed by atoms with Gasteiger partial charge < -0.3 is 5.11 Å². The van der Waals surface area contributed by atoms with Crippen molar-refractivity contribution in [2.24, 2.45) is 0 Å². The van der Waals surface area contributed by atoms with Gasteiger partial charge in [0.05, 0.1) is 22.3 Å². The minimum absolute atomic E-state index is 0.142. The molecule has 0 fully saturated rings. The highest BCUT2D eigenvalue weighted by atomic mass is 16.4. The third-order valence-electron chi connectivity index (χ3n) is 3.41. The summed E-state index contributed by atoms with van der Waals surface area (Å²) in [6.07, 6.45) is 0. The SMILES string of the molecule is O=C(O)c1ccccc1C(=O)NN1C(=O)c2ccccc2C1=O. The molecule has 0 aliphatic carbocycles. The largest absolute Gasteiger partial charge is 0.478 e. The van der Waals surface area contributed by atoms with Gasteiger partial charge in [-0.25, -0.2) is 4.79 Å². The average molecular weight is 310 g/mol. The van der Waals surface area contributed by atoms with Gasteiger partial charge in [-0.15, -0.1) is 0 Å². The highest BCUT2D eigenvalue weighted by molar-refractivity contribution is 6.22. The monoisotopic (exact) mass is 310 g/mol. The Hall–Kier alpha value is -3.48. The van der Waals surface area contributed by atoms with Gasteiger partial charge in [0.1, 0.15) is 0 Å². The molecule has 7 heteroatoms. The summed E-state index contributed by atoms with van der Waals surface area (Å²) in [5.74, 6) is -3.45. The van der Waals surface area contributed by atoms with Gasteiger partial charge in [-0.1, -0.05) is 24.3 Å². The summed E-state index contributed by atoms with van der Waals surface area (Å²) in [6.45, 7) is 0. The Morgan fingerprint density at radius 2 is 1.30 bits per heavy atom. The number of carbonyl (C=O) groups is 4. The summed E-state index contributed by atoms with van der Waals surface area (Å²) in [7, 11) is 0. The molecule has 0 saturated carbocycles. The summed E-state index contributed by atoms with van der Waals surface area (Å²) < 4.78 is 0. The Bertz CT molecular complexity index is 824. The van der Waals surface area contributed by atoms with Crippen LogP contribution in [0, 0.1) is 0 Å². The summed E-state index contributed by atoms with van der Waals surface area (Å²) >= 11 is 0. The van der Waals surface area contributed by atoms with E-state index in [9.17, 15) is 19.2 Å². The van der Waals surface area contributed by atoms with Gasteiger partial charge in [-0.05, 0) is 24.3 Å². The number of aromatic carboxylic acids is 1. The first-order chi connectivity index (χ1) is 11.0. The molecule has 7 nitrogen and oxygen atoms in total. The molecule has 3 amide bonds. The maximum Gasteiger partial charge on any atom is 0.336 e. The first kappa shape index (κ1) is 14.5. The number of carboxylic acid groups (broad SMARTS) is 1. The Balaban J connectivity index is 1.90. The number of hydrogen-bond donors (Lipinski definition) is 2. The smallest absolute Gasteiger partial charge is 0.336 e.